The maximum Gasteiger partial charge on any atom is 0.251 e. The highest BCUT2D eigenvalue weighted by molar-refractivity contribution is 5.76. The lowest BCUT2D eigenvalue weighted by atomic mass is 10.1. The van der Waals surface area contributed by atoms with E-state index >= 15 is 0 Å². The summed E-state index contributed by atoms with van der Waals surface area (Å²) in [5, 5.41) is 8.66. The summed E-state index contributed by atoms with van der Waals surface area (Å²) in [4.78, 5) is 12.2. The Hall–Kier alpha value is -0.550. The third kappa shape index (κ3) is 5.99. The fourth-order valence-corrected chi connectivity index (χ4v) is 1.34. The fourth-order valence-electron chi connectivity index (χ4n) is 1.34. The van der Waals surface area contributed by atoms with Crippen LogP contribution in [0.4, 0.5) is 8.78 Å². The molecule has 0 aliphatic heterocycles. The van der Waals surface area contributed by atoms with Gasteiger partial charge < -0.3 is 5.11 Å². The average Bonchev–Trinajstić information content (AvgIpc) is 2.01. The topological polar surface area (TPSA) is 40.5 Å². The molecule has 0 rings (SSSR count). The first-order valence-corrected chi connectivity index (χ1v) is 4.59. The quantitative estimate of drug-likeness (QED) is 0.677. The van der Waals surface area contributed by atoms with Gasteiger partial charge in [-0.3, -0.25) is 9.69 Å². The van der Waals surface area contributed by atoms with Gasteiger partial charge in [0.2, 0.25) is 0 Å². The van der Waals surface area contributed by atoms with E-state index in [0.29, 0.717) is 0 Å². The molecular formula is C9H17F2NO2. The second-order valence-corrected chi connectivity index (χ2v) is 3.36. The standard InChI is InChI=1S/C9H17F2NO2/c1-7(5-8(2)14)12(3-4-13)6-9(10)11/h7,9,13H,3-6H2,1-2H3. The van der Waals surface area contributed by atoms with Crippen LogP contribution in [0.2, 0.25) is 0 Å². The van der Waals surface area contributed by atoms with E-state index in [-0.39, 0.29) is 31.4 Å². The van der Waals surface area contributed by atoms with Crippen LogP contribution in [0.1, 0.15) is 20.3 Å². The number of hydrogen-bond donors (Lipinski definition) is 1. The van der Waals surface area contributed by atoms with Crippen molar-refractivity contribution < 1.29 is 18.7 Å². The summed E-state index contributed by atoms with van der Waals surface area (Å²) in [6, 6.07) is -0.242. The van der Waals surface area contributed by atoms with Crippen molar-refractivity contribution in [2.45, 2.75) is 32.7 Å². The van der Waals surface area contributed by atoms with Crippen LogP contribution in [0, 0.1) is 0 Å². The zero-order chi connectivity index (χ0) is 11.1. The molecule has 0 aromatic heterocycles. The molecule has 0 aliphatic rings. The van der Waals surface area contributed by atoms with Gasteiger partial charge in [-0.1, -0.05) is 0 Å². The first-order chi connectivity index (χ1) is 6.47. The Morgan fingerprint density at radius 3 is 2.43 bits per heavy atom. The second-order valence-electron chi connectivity index (χ2n) is 3.36. The smallest absolute Gasteiger partial charge is 0.251 e. The highest BCUT2D eigenvalue weighted by Gasteiger charge is 2.18. The van der Waals surface area contributed by atoms with E-state index in [1.54, 1.807) is 6.92 Å². The maximum absolute atomic E-state index is 12.1. The largest absolute Gasteiger partial charge is 0.395 e. The Morgan fingerprint density at radius 2 is 2.07 bits per heavy atom. The van der Waals surface area contributed by atoms with Crippen LogP contribution in [-0.4, -0.2) is 48.0 Å². The summed E-state index contributed by atoms with van der Waals surface area (Å²) in [7, 11) is 0. The van der Waals surface area contributed by atoms with Crippen molar-refractivity contribution in [1.29, 1.82) is 0 Å². The molecule has 0 aromatic rings. The third-order valence-electron chi connectivity index (χ3n) is 1.97. The van der Waals surface area contributed by atoms with Crippen LogP contribution in [0.25, 0.3) is 0 Å². The Balaban J connectivity index is 4.09. The number of ketones is 1. The van der Waals surface area contributed by atoms with Crippen molar-refractivity contribution in [3.05, 3.63) is 0 Å². The predicted molar refractivity (Wildman–Crippen MR) is 49.4 cm³/mol. The molecule has 0 saturated heterocycles. The van der Waals surface area contributed by atoms with E-state index < -0.39 is 13.0 Å². The van der Waals surface area contributed by atoms with Crippen molar-refractivity contribution in [2.24, 2.45) is 0 Å². The van der Waals surface area contributed by atoms with Crippen LogP contribution in [-0.2, 0) is 4.79 Å². The van der Waals surface area contributed by atoms with Crippen molar-refractivity contribution >= 4 is 5.78 Å². The highest BCUT2D eigenvalue weighted by Crippen LogP contribution is 2.07. The van der Waals surface area contributed by atoms with Gasteiger partial charge in [-0.25, -0.2) is 8.78 Å². The van der Waals surface area contributed by atoms with E-state index in [2.05, 4.69) is 0 Å². The Kier molecular flexibility index (Phi) is 6.57. The highest BCUT2D eigenvalue weighted by atomic mass is 19.3. The number of Topliss-reactive ketones (excluding diaryl/α,β-unsaturated/α-hetero) is 1. The lowest BCUT2D eigenvalue weighted by Crippen LogP contribution is -2.39. The molecule has 0 amide bonds. The molecule has 0 aliphatic carbocycles. The minimum Gasteiger partial charge on any atom is -0.395 e. The molecule has 0 spiro atoms. The normalized spacial score (nSPS) is 13.6. The number of carbonyl (C=O) groups is 1. The van der Waals surface area contributed by atoms with Gasteiger partial charge in [-0.15, -0.1) is 0 Å². The average molecular weight is 209 g/mol. The maximum atomic E-state index is 12.1. The van der Waals surface area contributed by atoms with Crippen LogP contribution < -0.4 is 0 Å². The third-order valence-corrected chi connectivity index (χ3v) is 1.97. The molecule has 1 atom stereocenters. The van der Waals surface area contributed by atoms with E-state index in [1.807, 2.05) is 0 Å². The number of aliphatic hydroxyl groups is 1. The van der Waals surface area contributed by atoms with Gasteiger partial charge >= 0.3 is 0 Å². The molecule has 3 nitrogen and oxygen atoms in total. The van der Waals surface area contributed by atoms with Gasteiger partial charge in [0.15, 0.2) is 0 Å². The number of alkyl halides is 2. The molecule has 1 N–H and O–H groups in total. The molecule has 0 saturated carbocycles. The lowest BCUT2D eigenvalue weighted by Gasteiger charge is -2.27. The van der Waals surface area contributed by atoms with Crippen molar-refractivity contribution in [3.63, 3.8) is 0 Å². The number of halogens is 2. The first kappa shape index (κ1) is 13.4. The SMILES string of the molecule is CC(=O)CC(C)N(CCO)CC(F)F. The number of carbonyl (C=O) groups excluding carboxylic acids is 1. The Bertz CT molecular complexity index is 176. The summed E-state index contributed by atoms with van der Waals surface area (Å²) < 4.78 is 24.2. The first-order valence-electron chi connectivity index (χ1n) is 4.59. The molecule has 0 radical (unpaired) electrons. The summed E-state index contributed by atoms with van der Waals surface area (Å²) in [5.41, 5.74) is 0. The minimum absolute atomic E-state index is 0.0327. The lowest BCUT2D eigenvalue weighted by molar-refractivity contribution is -0.118. The number of aliphatic hydroxyl groups excluding tert-OH is 1. The van der Waals surface area contributed by atoms with Gasteiger partial charge in [-0.05, 0) is 13.8 Å². The molecular weight excluding hydrogens is 192 g/mol. The molecule has 84 valence electrons. The summed E-state index contributed by atoms with van der Waals surface area (Å²) in [5.74, 6) is -0.0327. The van der Waals surface area contributed by atoms with E-state index in [1.165, 1.54) is 11.8 Å². The zero-order valence-corrected chi connectivity index (χ0v) is 8.54. The van der Waals surface area contributed by atoms with Crippen molar-refractivity contribution in [2.75, 3.05) is 19.7 Å². The van der Waals surface area contributed by atoms with Gasteiger partial charge in [0.1, 0.15) is 5.78 Å². The van der Waals surface area contributed by atoms with Gasteiger partial charge in [0, 0.05) is 19.0 Å². The van der Waals surface area contributed by atoms with Gasteiger partial charge in [-0.2, -0.15) is 0 Å². The molecule has 5 heteroatoms. The van der Waals surface area contributed by atoms with Crippen LogP contribution in [0.5, 0.6) is 0 Å². The van der Waals surface area contributed by atoms with Crippen LogP contribution in [0.3, 0.4) is 0 Å². The van der Waals surface area contributed by atoms with E-state index in [4.69, 9.17) is 5.11 Å². The number of nitrogens with zero attached hydrogens (tertiary/aromatic N) is 1. The predicted octanol–water partition coefficient (Wildman–Crippen LogP) is 0.913. The van der Waals surface area contributed by atoms with E-state index in [9.17, 15) is 13.6 Å². The van der Waals surface area contributed by atoms with Gasteiger partial charge in [0.05, 0.1) is 13.2 Å². The molecule has 1 unspecified atom stereocenters. The monoisotopic (exact) mass is 209 g/mol. The number of rotatable bonds is 7. The molecule has 0 heterocycles. The van der Waals surface area contributed by atoms with Crippen LogP contribution in [0.15, 0.2) is 0 Å². The van der Waals surface area contributed by atoms with E-state index in [0.717, 1.165) is 0 Å². The molecule has 14 heavy (non-hydrogen) atoms. The molecule has 0 aromatic carbocycles. The second kappa shape index (κ2) is 6.84. The van der Waals surface area contributed by atoms with Crippen molar-refractivity contribution in [1.82, 2.24) is 4.90 Å². The summed E-state index contributed by atoms with van der Waals surface area (Å²) >= 11 is 0. The fraction of sp³-hybridized carbons (Fsp3) is 0.889. The summed E-state index contributed by atoms with van der Waals surface area (Å²) in [6.45, 7) is 2.75. The molecule has 0 bridgehead atoms. The summed E-state index contributed by atoms with van der Waals surface area (Å²) in [6.07, 6.45) is -2.19. The van der Waals surface area contributed by atoms with Crippen LogP contribution >= 0.6 is 0 Å². The Labute approximate surface area is 82.7 Å². The molecule has 0 fully saturated rings. The zero-order valence-electron chi connectivity index (χ0n) is 8.54. The Morgan fingerprint density at radius 1 is 1.50 bits per heavy atom. The minimum atomic E-state index is -2.43. The van der Waals surface area contributed by atoms with Crippen molar-refractivity contribution in [3.8, 4) is 0 Å². The van der Waals surface area contributed by atoms with Gasteiger partial charge in [0.25, 0.3) is 6.43 Å². The number of hydrogen-bond acceptors (Lipinski definition) is 3.